The summed E-state index contributed by atoms with van der Waals surface area (Å²) in [5, 5.41) is 0. The predicted octanol–water partition coefficient (Wildman–Crippen LogP) is 6.99. The van der Waals surface area contributed by atoms with Crippen molar-refractivity contribution in [1.82, 2.24) is 0 Å². The van der Waals surface area contributed by atoms with Gasteiger partial charge in [0.25, 0.3) is 0 Å². The first-order valence-corrected chi connectivity index (χ1v) is 15.9. The van der Waals surface area contributed by atoms with Gasteiger partial charge in [-0.25, -0.2) is 0 Å². The molecule has 0 amide bonds. The summed E-state index contributed by atoms with van der Waals surface area (Å²) in [6.07, 6.45) is 18.0. The number of benzene rings is 1. The number of quaternary nitrogens is 1. The molecular formula is C35H58ClN. The van der Waals surface area contributed by atoms with Crippen molar-refractivity contribution in [2.75, 3.05) is 0 Å². The van der Waals surface area contributed by atoms with E-state index < -0.39 is 0 Å². The highest BCUT2D eigenvalue weighted by Crippen LogP contribution is 2.55. The van der Waals surface area contributed by atoms with Gasteiger partial charge in [0, 0.05) is 30.2 Å². The largest absolute Gasteiger partial charge is 1.00 e. The van der Waals surface area contributed by atoms with E-state index in [-0.39, 0.29) is 12.4 Å². The number of hydrogen-bond acceptors (Lipinski definition) is 0. The van der Waals surface area contributed by atoms with E-state index in [0.717, 1.165) is 53.6 Å². The van der Waals surface area contributed by atoms with Crippen LogP contribution in [0, 0.1) is 35.5 Å². The van der Waals surface area contributed by atoms with Gasteiger partial charge in [0.05, 0.1) is 18.1 Å². The van der Waals surface area contributed by atoms with E-state index in [0.29, 0.717) is 6.04 Å². The van der Waals surface area contributed by atoms with Crippen LogP contribution >= 0.6 is 0 Å². The molecule has 0 aromatic heterocycles. The minimum absolute atomic E-state index is 0. The van der Waals surface area contributed by atoms with Crippen LogP contribution < -0.4 is 12.4 Å². The van der Waals surface area contributed by atoms with Gasteiger partial charge in [-0.15, -0.1) is 0 Å². The van der Waals surface area contributed by atoms with Gasteiger partial charge in [0.15, 0.2) is 0 Å². The zero-order valence-electron chi connectivity index (χ0n) is 25.0. The van der Waals surface area contributed by atoms with Crippen molar-refractivity contribution in [2.45, 2.75) is 136 Å². The number of hydrogen-bond donors (Lipinski definition) is 0. The third-order valence-electron chi connectivity index (χ3n) is 11.2. The molecule has 7 unspecified atom stereocenters. The van der Waals surface area contributed by atoms with Crippen LogP contribution in [0.1, 0.15) is 124 Å². The molecule has 0 N–H and O–H groups in total. The highest BCUT2D eigenvalue weighted by molar-refractivity contribution is 5.21. The summed E-state index contributed by atoms with van der Waals surface area (Å²) in [5.74, 6) is 4.82. The summed E-state index contributed by atoms with van der Waals surface area (Å²) in [4.78, 5) is 0. The Kier molecular flexibility index (Phi) is 11.2. The molecule has 3 aliphatic rings. The predicted molar refractivity (Wildman–Crippen MR) is 157 cm³/mol. The number of halogens is 1. The molecule has 37 heavy (non-hydrogen) atoms. The van der Waals surface area contributed by atoms with Crippen molar-refractivity contribution in [3.05, 3.63) is 48.6 Å². The van der Waals surface area contributed by atoms with Gasteiger partial charge in [-0.2, -0.15) is 0 Å². The van der Waals surface area contributed by atoms with Crippen LogP contribution in [0.15, 0.2) is 43.0 Å². The van der Waals surface area contributed by atoms with Crippen LogP contribution in [-0.2, 0) is 0 Å². The smallest absolute Gasteiger partial charge is 0.134 e. The summed E-state index contributed by atoms with van der Waals surface area (Å²) in [5.41, 5.74) is 1.53. The van der Waals surface area contributed by atoms with Gasteiger partial charge in [-0.05, 0) is 81.1 Å². The second-order valence-corrected chi connectivity index (χ2v) is 14.1. The Balaban J connectivity index is 0.00000380. The first kappa shape index (κ1) is 30.7. The number of rotatable bonds is 8. The highest BCUT2D eigenvalue weighted by Gasteiger charge is 2.59. The first-order chi connectivity index (χ1) is 17.3. The van der Waals surface area contributed by atoms with E-state index in [2.05, 4.69) is 84.5 Å². The van der Waals surface area contributed by atoms with Crippen LogP contribution in [0.25, 0.3) is 0 Å². The topological polar surface area (TPSA) is 0 Å². The van der Waals surface area contributed by atoms with Gasteiger partial charge in [0.2, 0.25) is 0 Å². The maximum absolute atomic E-state index is 4.65. The molecule has 7 atom stereocenters. The minimum atomic E-state index is 0. The van der Waals surface area contributed by atoms with E-state index in [1.54, 1.807) is 0 Å². The lowest BCUT2D eigenvalue weighted by molar-refractivity contribution is -1.03. The van der Waals surface area contributed by atoms with Gasteiger partial charge in [-0.3, -0.25) is 0 Å². The molecule has 210 valence electrons. The van der Waals surface area contributed by atoms with Crippen LogP contribution in [-0.4, -0.2) is 22.6 Å². The van der Waals surface area contributed by atoms with Crippen LogP contribution in [0.2, 0.25) is 0 Å². The quantitative estimate of drug-likeness (QED) is 0.252. The molecule has 0 heterocycles. The molecule has 4 rings (SSSR count). The van der Waals surface area contributed by atoms with Crippen LogP contribution in [0.4, 0.5) is 0 Å². The monoisotopic (exact) mass is 527 g/mol. The standard InChI is InChI=1S/C35H58N.ClH/c1-8-33(29-15-11-9-12-16-29)36(30-17-13-10-14-18-30,34-23-27(6)19-21-31(34)25(2)3)35-24-28(7)20-22-32(35)26(4)5;/h8-9,11-12,15-16,25-28,30-35H,1,10,13-14,17-24H2,2-7H3;1H/q+1;/p-1. The Morgan fingerprint density at radius 1 is 0.730 bits per heavy atom. The third kappa shape index (κ3) is 6.19. The van der Waals surface area contributed by atoms with Gasteiger partial charge in [0.1, 0.15) is 6.04 Å². The van der Waals surface area contributed by atoms with E-state index in [1.807, 2.05) is 0 Å². The average molecular weight is 528 g/mol. The van der Waals surface area contributed by atoms with E-state index in [1.165, 1.54) is 80.7 Å². The Morgan fingerprint density at radius 3 is 1.65 bits per heavy atom. The van der Waals surface area contributed by atoms with Crippen LogP contribution in [0.5, 0.6) is 0 Å². The van der Waals surface area contributed by atoms with Crippen LogP contribution in [0.3, 0.4) is 0 Å². The molecular weight excluding hydrogens is 470 g/mol. The van der Waals surface area contributed by atoms with Crippen molar-refractivity contribution < 1.29 is 16.9 Å². The second-order valence-electron chi connectivity index (χ2n) is 14.1. The van der Waals surface area contributed by atoms with Crippen molar-refractivity contribution in [3.8, 4) is 0 Å². The summed E-state index contributed by atoms with van der Waals surface area (Å²) < 4.78 is 1.34. The summed E-state index contributed by atoms with van der Waals surface area (Å²) in [7, 11) is 0. The van der Waals surface area contributed by atoms with E-state index in [4.69, 9.17) is 0 Å². The average Bonchev–Trinajstić information content (AvgIpc) is 2.88. The maximum atomic E-state index is 4.65. The molecule has 0 saturated heterocycles. The normalized spacial score (nSPS) is 33.9. The molecule has 1 nitrogen and oxygen atoms in total. The fraction of sp³-hybridized carbons (Fsp3) is 0.771. The Bertz CT molecular complexity index is 778. The second kappa shape index (κ2) is 13.5. The molecule has 0 radical (unpaired) electrons. The molecule has 3 saturated carbocycles. The Morgan fingerprint density at radius 2 is 1.22 bits per heavy atom. The van der Waals surface area contributed by atoms with E-state index >= 15 is 0 Å². The van der Waals surface area contributed by atoms with Gasteiger partial charge in [-0.1, -0.05) is 84.9 Å². The summed E-state index contributed by atoms with van der Waals surface area (Å²) >= 11 is 0. The first-order valence-electron chi connectivity index (χ1n) is 15.9. The maximum Gasteiger partial charge on any atom is 0.134 e. The molecule has 3 aliphatic carbocycles. The lowest BCUT2D eigenvalue weighted by Crippen LogP contribution is -3.00. The summed E-state index contributed by atoms with van der Waals surface area (Å²) in [6, 6.07) is 14.3. The van der Waals surface area contributed by atoms with Gasteiger partial charge < -0.3 is 16.9 Å². The molecule has 1 aromatic rings. The fourth-order valence-electron chi connectivity index (χ4n) is 9.51. The van der Waals surface area contributed by atoms with Crippen molar-refractivity contribution in [2.24, 2.45) is 35.5 Å². The molecule has 0 spiro atoms. The van der Waals surface area contributed by atoms with E-state index in [9.17, 15) is 0 Å². The van der Waals surface area contributed by atoms with Crippen molar-refractivity contribution in [1.29, 1.82) is 0 Å². The number of nitrogens with zero attached hydrogens (tertiary/aromatic N) is 1. The zero-order valence-corrected chi connectivity index (χ0v) is 25.8. The molecule has 1 aromatic carbocycles. The molecule has 3 fully saturated rings. The molecule has 0 aliphatic heterocycles. The SMILES string of the molecule is C=CC(c1ccccc1)[N+](C1CCCCC1)(C1CC(C)CCC1C(C)C)C1CC(C)CCC1C(C)C.[Cl-]. The van der Waals surface area contributed by atoms with Crippen molar-refractivity contribution >= 4 is 0 Å². The third-order valence-corrected chi connectivity index (χ3v) is 11.2. The summed E-state index contributed by atoms with van der Waals surface area (Å²) in [6.45, 7) is 19.9. The minimum Gasteiger partial charge on any atom is -1.00 e. The van der Waals surface area contributed by atoms with Gasteiger partial charge >= 0.3 is 0 Å². The fourth-order valence-corrected chi connectivity index (χ4v) is 9.51. The highest BCUT2D eigenvalue weighted by atomic mass is 35.5. The zero-order chi connectivity index (χ0) is 25.9. The van der Waals surface area contributed by atoms with Crippen molar-refractivity contribution in [3.63, 3.8) is 0 Å². The lowest BCUT2D eigenvalue weighted by atomic mass is 9.65. The Labute approximate surface area is 236 Å². The lowest BCUT2D eigenvalue weighted by Gasteiger charge is -2.65. The molecule has 0 bridgehead atoms. The molecule has 2 heteroatoms. The Hall–Kier alpha value is -0.790.